The number of aryl methyl sites for hydroxylation is 1. The predicted octanol–water partition coefficient (Wildman–Crippen LogP) is 3.21. The number of para-hydroxylation sites is 1. The van der Waals surface area contributed by atoms with Crippen molar-refractivity contribution in [2.24, 2.45) is 0 Å². The van der Waals surface area contributed by atoms with Crippen LogP contribution in [-0.4, -0.2) is 57.7 Å². The third kappa shape index (κ3) is 3.78. The Labute approximate surface area is 167 Å². The van der Waals surface area contributed by atoms with Gasteiger partial charge >= 0.3 is 0 Å². The first-order valence-corrected chi connectivity index (χ1v) is 10.5. The molecule has 3 heterocycles. The molecule has 2 aromatic rings. The second-order valence-electron chi connectivity index (χ2n) is 8.05. The van der Waals surface area contributed by atoms with Crippen molar-refractivity contribution in [2.75, 3.05) is 25.5 Å². The van der Waals surface area contributed by atoms with E-state index in [0.717, 1.165) is 44.6 Å². The van der Waals surface area contributed by atoms with Crippen molar-refractivity contribution in [1.82, 2.24) is 19.6 Å². The number of anilines is 1. The normalized spacial score (nSPS) is 23.0. The standard InChI is InChI=1S/C22H31N5O/c1-3-14-27-21(11-13-24-27)22(28)26-15-17-6-4-5-7-20(17)23-12-10-18-8-9-19(16-26)25(18)2/h4-7,11,13,18-19,23H,3,8-10,12,14-16H2,1-2H3/t18-,19+/m0/s1. The summed E-state index contributed by atoms with van der Waals surface area (Å²) in [5.74, 6) is 0.0804. The van der Waals surface area contributed by atoms with Crippen LogP contribution >= 0.6 is 0 Å². The zero-order chi connectivity index (χ0) is 19.5. The van der Waals surface area contributed by atoms with Crippen molar-refractivity contribution in [1.29, 1.82) is 0 Å². The molecule has 6 nitrogen and oxygen atoms in total. The van der Waals surface area contributed by atoms with Crippen LogP contribution in [0.2, 0.25) is 0 Å². The molecule has 0 spiro atoms. The van der Waals surface area contributed by atoms with Crippen LogP contribution in [0.15, 0.2) is 36.5 Å². The maximum absolute atomic E-state index is 13.5. The minimum atomic E-state index is 0.0804. The van der Waals surface area contributed by atoms with Crippen LogP contribution in [-0.2, 0) is 13.1 Å². The number of likely N-dealkylation sites (N-methyl/N-ethyl adjacent to an activating group) is 1. The fourth-order valence-electron chi connectivity index (χ4n) is 4.61. The predicted molar refractivity (Wildman–Crippen MR) is 111 cm³/mol. The van der Waals surface area contributed by atoms with Crippen LogP contribution in [0.4, 0.5) is 5.69 Å². The summed E-state index contributed by atoms with van der Waals surface area (Å²) in [5, 5.41) is 7.97. The van der Waals surface area contributed by atoms with Gasteiger partial charge in [0.2, 0.25) is 0 Å². The van der Waals surface area contributed by atoms with E-state index >= 15 is 0 Å². The summed E-state index contributed by atoms with van der Waals surface area (Å²) in [7, 11) is 2.22. The summed E-state index contributed by atoms with van der Waals surface area (Å²) >= 11 is 0. The Morgan fingerprint density at radius 1 is 1.18 bits per heavy atom. The first-order valence-electron chi connectivity index (χ1n) is 10.5. The zero-order valence-corrected chi connectivity index (χ0v) is 17.0. The topological polar surface area (TPSA) is 53.4 Å². The Hall–Kier alpha value is -2.34. The zero-order valence-electron chi connectivity index (χ0n) is 17.0. The molecule has 2 bridgehead atoms. The van der Waals surface area contributed by atoms with Crippen molar-refractivity contribution < 1.29 is 4.79 Å². The summed E-state index contributed by atoms with van der Waals surface area (Å²) < 4.78 is 1.85. The number of rotatable bonds is 3. The first kappa shape index (κ1) is 19.0. The van der Waals surface area contributed by atoms with Gasteiger partial charge in [-0.15, -0.1) is 0 Å². The van der Waals surface area contributed by atoms with Crippen molar-refractivity contribution in [2.45, 2.75) is 57.8 Å². The van der Waals surface area contributed by atoms with Crippen molar-refractivity contribution in [3.05, 3.63) is 47.8 Å². The van der Waals surface area contributed by atoms with E-state index in [1.165, 1.54) is 12.0 Å². The van der Waals surface area contributed by atoms with E-state index in [2.05, 4.69) is 53.6 Å². The highest BCUT2D eigenvalue weighted by Gasteiger charge is 2.33. The van der Waals surface area contributed by atoms with Crippen LogP contribution in [0.3, 0.4) is 0 Å². The van der Waals surface area contributed by atoms with Gasteiger partial charge in [-0.25, -0.2) is 0 Å². The third-order valence-electron chi connectivity index (χ3n) is 6.25. The van der Waals surface area contributed by atoms with Gasteiger partial charge in [-0.3, -0.25) is 14.4 Å². The van der Waals surface area contributed by atoms with Crippen LogP contribution in [0, 0.1) is 0 Å². The van der Waals surface area contributed by atoms with Gasteiger partial charge in [0.05, 0.1) is 0 Å². The highest BCUT2D eigenvalue weighted by Crippen LogP contribution is 2.28. The molecule has 1 aromatic heterocycles. The molecule has 0 radical (unpaired) electrons. The first-order chi connectivity index (χ1) is 13.7. The molecule has 1 amide bonds. The van der Waals surface area contributed by atoms with Crippen LogP contribution in [0.1, 0.15) is 48.7 Å². The van der Waals surface area contributed by atoms with Crippen LogP contribution in [0.25, 0.3) is 0 Å². The molecule has 2 aliphatic rings. The number of aromatic nitrogens is 2. The lowest BCUT2D eigenvalue weighted by atomic mass is 10.1. The van der Waals surface area contributed by atoms with Gasteiger partial charge in [0.1, 0.15) is 5.69 Å². The van der Waals surface area contributed by atoms with E-state index in [0.29, 0.717) is 24.3 Å². The van der Waals surface area contributed by atoms with E-state index < -0.39 is 0 Å². The second kappa shape index (κ2) is 8.35. The maximum Gasteiger partial charge on any atom is 0.272 e. The molecule has 4 rings (SSSR count). The van der Waals surface area contributed by atoms with Crippen molar-refractivity contribution >= 4 is 11.6 Å². The molecular formula is C22H31N5O. The lowest BCUT2D eigenvalue weighted by Crippen LogP contribution is -2.43. The summed E-state index contributed by atoms with van der Waals surface area (Å²) in [5.41, 5.74) is 3.01. The molecule has 1 fully saturated rings. The Balaban J connectivity index is 1.66. The van der Waals surface area contributed by atoms with Gasteiger partial charge in [0.25, 0.3) is 5.91 Å². The van der Waals surface area contributed by atoms with Gasteiger partial charge in [0, 0.05) is 50.1 Å². The highest BCUT2D eigenvalue weighted by atomic mass is 16.2. The summed E-state index contributed by atoms with van der Waals surface area (Å²) in [6.07, 6.45) is 6.20. The molecule has 1 saturated heterocycles. The number of amides is 1. The Bertz CT molecular complexity index is 817. The van der Waals surface area contributed by atoms with E-state index in [1.54, 1.807) is 6.20 Å². The molecule has 2 aliphatic heterocycles. The molecular weight excluding hydrogens is 350 g/mol. The lowest BCUT2D eigenvalue weighted by molar-refractivity contribution is 0.0676. The van der Waals surface area contributed by atoms with E-state index in [1.807, 2.05) is 15.6 Å². The molecule has 0 saturated carbocycles. The fourth-order valence-corrected chi connectivity index (χ4v) is 4.61. The summed E-state index contributed by atoms with van der Waals surface area (Å²) in [6, 6.07) is 11.2. The number of carbonyl (C=O) groups excluding carboxylic acids is 1. The second-order valence-corrected chi connectivity index (χ2v) is 8.05. The highest BCUT2D eigenvalue weighted by molar-refractivity contribution is 5.92. The molecule has 0 aliphatic carbocycles. The molecule has 0 unspecified atom stereocenters. The number of nitrogens with one attached hydrogen (secondary N) is 1. The number of carbonyl (C=O) groups is 1. The maximum atomic E-state index is 13.5. The number of fused-ring (bicyclic) bond motifs is 3. The average molecular weight is 382 g/mol. The largest absolute Gasteiger partial charge is 0.385 e. The average Bonchev–Trinajstić information content (AvgIpc) is 3.28. The molecule has 150 valence electrons. The summed E-state index contributed by atoms with van der Waals surface area (Å²) in [6.45, 7) is 5.23. The quantitative estimate of drug-likeness (QED) is 0.887. The van der Waals surface area contributed by atoms with Gasteiger partial charge in [-0.2, -0.15) is 5.10 Å². The van der Waals surface area contributed by atoms with E-state index in [4.69, 9.17) is 0 Å². The van der Waals surface area contributed by atoms with E-state index in [9.17, 15) is 4.79 Å². The monoisotopic (exact) mass is 381 g/mol. The third-order valence-corrected chi connectivity index (χ3v) is 6.25. The number of benzene rings is 1. The minimum Gasteiger partial charge on any atom is -0.385 e. The molecule has 28 heavy (non-hydrogen) atoms. The Morgan fingerprint density at radius 3 is 2.86 bits per heavy atom. The Kier molecular flexibility index (Phi) is 5.67. The number of hydrogen-bond donors (Lipinski definition) is 1. The smallest absolute Gasteiger partial charge is 0.272 e. The molecule has 2 atom stereocenters. The SMILES string of the molecule is CCCn1nccc1C(=O)N1Cc2ccccc2NCC[C@@H]2CC[C@H](C1)N2C. The van der Waals surface area contributed by atoms with Gasteiger partial charge in [0.15, 0.2) is 0 Å². The molecule has 1 aromatic carbocycles. The van der Waals surface area contributed by atoms with Crippen LogP contribution < -0.4 is 5.32 Å². The van der Waals surface area contributed by atoms with Gasteiger partial charge in [-0.05, 0) is 50.4 Å². The molecule has 1 N–H and O–H groups in total. The van der Waals surface area contributed by atoms with Crippen LogP contribution in [0.5, 0.6) is 0 Å². The summed E-state index contributed by atoms with van der Waals surface area (Å²) in [4.78, 5) is 18.0. The van der Waals surface area contributed by atoms with Gasteiger partial charge in [-0.1, -0.05) is 25.1 Å². The fraction of sp³-hybridized carbons (Fsp3) is 0.545. The number of hydrogen-bond acceptors (Lipinski definition) is 4. The number of nitrogens with zero attached hydrogens (tertiary/aromatic N) is 4. The van der Waals surface area contributed by atoms with Gasteiger partial charge < -0.3 is 10.2 Å². The minimum absolute atomic E-state index is 0.0804. The Morgan fingerprint density at radius 2 is 2.00 bits per heavy atom. The van der Waals surface area contributed by atoms with E-state index in [-0.39, 0.29) is 5.91 Å². The lowest BCUT2D eigenvalue weighted by Gasteiger charge is -2.31. The van der Waals surface area contributed by atoms with Crippen molar-refractivity contribution in [3.8, 4) is 0 Å². The molecule has 6 heteroatoms. The van der Waals surface area contributed by atoms with Crippen molar-refractivity contribution in [3.63, 3.8) is 0 Å².